The molecule has 16 heavy (non-hydrogen) atoms. The summed E-state index contributed by atoms with van der Waals surface area (Å²) < 4.78 is 35.3. The molecule has 0 aliphatic rings. The van der Waals surface area contributed by atoms with Crippen molar-refractivity contribution in [1.82, 2.24) is 5.32 Å². The molecule has 0 atom stereocenters. The highest BCUT2D eigenvalue weighted by atomic mass is 19.4. The van der Waals surface area contributed by atoms with Crippen LogP contribution in [0.1, 0.15) is 10.4 Å². The molecule has 0 bridgehead atoms. The number of phenolic OH excluding ortho intramolecular Hbond substituents is 2. The first kappa shape index (κ1) is 12.2. The largest absolute Gasteiger partial charge is 0.508 e. The summed E-state index contributed by atoms with van der Waals surface area (Å²) in [5.41, 5.74) is -0.248. The maximum absolute atomic E-state index is 11.8. The average Bonchev–Trinajstić information content (AvgIpc) is 2.11. The van der Waals surface area contributed by atoms with Crippen LogP contribution in [0.2, 0.25) is 0 Å². The van der Waals surface area contributed by atoms with E-state index in [1.54, 1.807) is 5.32 Å². The minimum Gasteiger partial charge on any atom is -0.508 e. The molecule has 0 saturated carbocycles. The Morgan fingerprint density at radius 1 is 1.19 bits per heavy atom. The van der Waals surface area contributed by atoms with E-state index in [2.05, 4.69) is 0 Å². The van der Waals surface area contributed by atoms with Crippen LogP contribution in [0.25, 0.3) is 0 Å². The van der Waals surface area contributed by atoms with Gasteiger partial charge in [-0.2, -0.15) is 13.2 Å². The van der Waals surface area contributed by atoms with Crippen LogP contribution in [0.3, 0.4) is 0 Å². The van der Waals surface area contributed by atoms with E-state index in [1.165, 1.54) is 0 Å². The Bertz CT molecular complexity index is 383. The third-order valence-corrected chi connectivity index (χ3v) is 1.61. The number of phenols is 2. The lowest BCUT2D eigenvalue weighted by molar-refractivity contribution is -0.123. The first-order chi connectivity index (χ1) is 7.28. The lowest BCUT2D eigenvalue weighted by Gasteiger charge is -2.08. The van der Waals surface area contributed by atoms with Crippen LogP contribution in [0.4, 0.5) is 13.2 Å². The number of nitrogens with one attached hydrogen (secondary N) is 1. The highest BCUT2D eigenvalue weighted by Crippen LogP contribution is 2.20. The van der Waals surface area contributed by atoms with Crippen molar-refractivity contribution >= 4 is 5.91 Å². The van der Waals surface area contributed by atoms with Gasteiger partial charge >= 0.3 is 6.18 Å². The maximum Gasteiger partial charge on any atom is 0.405 e. The molecule has 1 aromatic carbocycles. The summed E-state index contributed by atoms with van der Waals surface area (Å²) in [5.74, 6) is -1.84. The third-order valence-electron chi connectivity index (χ3n) is 1.61. The summed E-state index contributed by atoms with van der Waals surface area (Å²) in [5, 5.41) is 19.6. The number of carbonyl (C=O) groups excluding carboxylic acids is 1. The summed E-state index contributed by atoms with van der Waals surface area (Å²) in [7, 11) is 0. The van der Waals surface area contributed by atoms with Crippen molar-refractivity contribution in [2.24, 2.45) is 0 Å². The fourth-order valence-electron chi connectivity index (χ4n) is 1.01. The molecule has 0 heterocycles. The molecule has 88 valence electrons. The van der Waals surface area contributed by atoms with Crippen LogP contribution in [-0.4, -0.2) is 28.8 Å². The van der Waals surface area contributed by atoms with Crippen molar-refractivity contribution in [3.05, 3.63) is 23.8 Å². The summed E-state index contributed by atoms with van der Waals surface area (Å²) in [4.78, 5) is 11.2. The van der Waals surface area contributed by atoms with E-state index < -0.39 is 30.1 Å². The fraction of sp³-hybridized carbons (Fsp3) is 0.222. The van der Waals surface area contributed by atoms with E-state index in [9.17, 15) is 18.0 Å². The van der Waals surface area contributed by atoms with Crippen LogP contribution >= 0.6 is 0 Å². The van der Waals surface area contributed by atoms with Crippen molar-refractivity contribution in [2.45, 2.75) is 6.18 Å². The molecule has 7 heteroatoms. The molecular weight excluding hydrogens is 227 g/mol. The minimum atomic E-state index is -4.51. The molecule has 1 rings (SSSR count). The van der Waals surface area contributed by atoms with Gasteiger partial charge in [-0.05, 0) is 12.1 Å². The molecule has 3 N–H and O–H groups in total. The van der Waals surface area contributed by atoms with Crippen LogP contribution in [0.15, 0.2) is 18.2 Å². The van der Waals surface area contributed by atoms with Gasteiger partial charge in [0, 0.05) is 11.6 Å². The number of aromatic hydroxyl groups is 2. The number of halogens is 3. The van der Waals surface area contributed by atoms with E-state index in [0.717, 1.165) is 18.2 Å². The van der Waals surface area contributed by atoms with Crippen molar-refractivity contribution in [2.75, 3.05) is 6.54 Å². The number of alkyl halides is 3. The molecule has 4 nitrogen and oxygen atoms in total. The predicted molar refractivity (Wildman–Crippen MR) is 48.2 cm³/mol. The molecule has 0 unspecified atom stereocenters. The van der Waals surface area contributed by atoms with E-state index >= 15 is 0 Å². The molecule has 0 saturated heterocycles. The molecule has 1 amide bonds. The van der Waals surface area contributed by atoms with Gasteiger partial charge in [0.05, 0.1) is 0 Å². The van der Waals surface area contributed by atoms with Gasteiger partial charge < -0.3 is 15.5 Å². The first-order valence-electron chi connectivity index (χ1n) is 4.16. The number of rotatable bonds is 2. The zero-order valence-electron chi connectivity index (χ0n) is 7.88. The second-order valence-corrected chi connectivity index (χ2v) is 3.04. The molecule has 0 aromatic heterocycles. The van der Waals surface area contributed by atoms with Crippen molar-refractivity contribution in [3.63, 3.8) is 0 Å². The summed E-state index contributed by atoms with van der Waals surface area (Å²) in [6.07, 6.45) is -4.51. The van der Waals surface area contributed by atoms with Gasteiger partial charge in [0.15, 0.2) is 0 Å². The Balaban J connectivity index is 2.73. The SMILES string of the molecule is O=C(NCC(F)(F)F)c1cc(O)cc(O)c1. The number of amides is 1. The molecule has 0 spiro atoms. The smallest absolute Gasteiger partial charge is 0.405 e. The zero-order chi connectivity index (χ0) is 12.3. The normalized spacial score (nSPS) is 11.2. The number of hydrogen-bond acceptors (Lipinski definition) is 3. The lowest BCUT2D eigenvalue weighted by atomic mass is 10.2. The van der Waals surface area contributed by atoms with Crippen molar-refractivity contribution < 1.29 is 28.2 Å². The van der Waals surface area contributed by atoms with Crippen LogP contribution < -0.4 is 5.32 Å². The molecular formula is C9H8F3NO3. The Kier molecular flexibility index (Phi) is 3.26. The third kappa shape index (κ3) is 3.68. The molecule has 1 aromatic rings. The van der Waals surface area contributed by atoms with Gasteiger partial charge in [0.2, 0.25) is 0 Å². The Morgan fingerprint density at radius 2 is 1.69 bits per heavy atom. The number of hydrogen-bond donors (Lipinski definition) is 3. The average molecular weight is 235 g/mol. The molecule has 0 radical (unpaired) electrons. The quantitative estimate of drug-likeness (QED) is 0.725. The second-order valence-electron chi connectivity index (χ2n) is 3.04. The van der Waals surface area contributed by atoms with E-state index in [1.807, 2.05) is 0 Å². The van der Waals surface area contributed by atoms with Gasteiger partial charge in [-0.15, -0.1) is 0 Å². The Hall–Kier alpha value is -1.92. The van der Waals surface area contributed by atoms with Gasteiger partial charge in [0.25, 0.3) is 5.91 Å². The maximum atomic E-state index is 11.8. The van der Waals surface area contributed by atoms with Crippen LogP contribution in [0.5, 0.6) is 11.5 Å². The Labute approximate surface area is 88.3 Å². The van der Waals surface area contributed by atoms with E-state index in [-0.39, 0.29) is 5.56 Å². The van der Waals surface area contributed by atoms with Gasteiger partial charge in [-0.1, -0.05) is 0 Å². The highest BCUT2D eigenvalue weighted by molar-refractivity contribution is 5.95. The van der Waals surface area contributed by atoms with E-state index in [4.69, 9.17) is 10.2 Å². The van der Waals surface area contributed by atoms with Crippen LogP contribution in [0, 0.1) is 0 Å². The monoisotopic (exact) mass is 235 g/mol. The molecule has 0 aliphatic carbocycles. The first-order valence-corrected chi connectivity index (χ1v) is 4.16. The highest BCUT2D eigenvalue weighted by Gasteiger charge is 2.27. The summed E-state index contributed by atoms with van der Waals surface area (Å²) in [6, 6.07) is 2.86. The topological polar surface area (TPSA) is 69.6 Å². The lowest BCUT2D eigenvalue weighted by Crippen LogP contribution is -2.33. The Morgan fingerprint density at radius 3 is 2.12 bits per heavy atom. The summed E-state index contributed by atoms with van der Waals surface area (Å²) >= 11 is 0. The fourth-order valence-corrected chi connectivity index (χ4v) is 1.01. The van der Waals surface area contributed by atoms with Gasteiger partial charge in [-0.25, -0.2) is 0 Å². The van der Waals surface area contributed by atoms with E-state index in [0.29, 0.717) is 0 Å². The number of benzene rings is 1. The van der Waals surface area contributed by atoms with Crippen molar-refractivity contribution in [3.8, 4) is 11.5 Å². The molecule has 0 fully saturated rings. The number of carbonyl (C=O) groups is 1. The summed E-state index contributed by atoms with van der Waals surface area (Å²) in [6.45, 7) is -1.47. The van der Waals surface area contributed by atoms with Gasteiger partial charge in [-0.3, -0.25) is 4.79 Å². The molecule has 0 aliphatic heterocycles. The van der Waals surface area contributed by atoms with Gasteiger partial charge in [0.1, 0.15) is 18.0 Å². The predicted octanol–water partition coefficient (Wildman–Crippen LogP) is 1.39. The zero-order valence-corrected chi connectivity index (χ0v) is 7.88. The second kappa shape index (κ2) is 4.30. The van der Waals surface area contributed by atoms with Crippen molar-refractivity contribution in [1.29, 1.82) is 0 Å². The van der Waals surface area contributed by atoms with Crippen LogP contribution in [-0.2, 0) is 0 Å². The minimum absolute atomic E-state index is 0.248. The standard InChI is InChI=1S/C9H8F3NO3/c10-9(11,12)4-13-8(16)5-1-6(14)3-7(15)2-5/h1-3,14-15H,4H2,(H,13,16).